The number of nitrogens with zero attached hydrogens (tertiary/aromatic N) is 1. The lowest BCUT2D eigenvalue weighted by atomic mass is 9.86. The SMILES string of the molecule is CCNC1COCC1CN(C)C(C)C(C)(C)C. The van der Waals surface area contributed by atoms with Gasteiger partial charge in [0, 0.05) is 24.5 Å². The summed E-state index contributed by atoms with van der Waals surface area (Å²) in [4.78, 5) is 2.48. The molecular weight excluding hydrogens is 212 g/mol. The largest absolute Gasteiger partial charge is 0.379 e. The van der Waals surface area contributed by atoms with Crippen molar-refractivity contribution in [1.82, 2.24) is 10.2 Å². The molecule has 0 aromatic heterocycles. The van der Waals surface area contributed by atoms with E-state index in [4.69, 9.17) is 4.74 Å². The highest BCUT2D eigenvalue weighted by molar-refractivity contribution is 4.86. The van der Waals surface area contributed by atoms with Gasteiger partial charge in [-0.2, -0.15) is 0 Å². The van der Waals surface area contributed by atoms with Crippen molar-refractivity contribution < 1.29 is 4.74 Å². The normalized spacial score (nSPS) is 27.7. The first kappa shape index (κ1) is 14.9. The minimum atomic E-state index is 0.335. The quantitative estimate of drug-likeness (QED) is 0.798. The molecule has 0 aromatic carbocycles. The topological polar surface area (TPSA) is 24.5 Å². The van der Waals surface area contributed by atoms with Crippen LogP contribution in [0.5, 0.6) is 0 Å². The third-order valence-electron chi connectivity index (χ3n) is 4.10. The highest BCUT2D eigenvalue weighted by Crippen LogP contribution is 2.25. The van der Waals surface area contributed by atoms with Gasteiger partial charge < -0.3 is 15.0 Å². The third-order valence-corrected chi connectivity index (χ3v) is 4.10. The molecule has 3 nitrogen and oxygen atoms in total. The van der Waals surface area contributed by atoms with Crippen molar-refractivity contribution >= 4 is 0 Å². The van der Waals surface area contributed by atoms with E-state index in [-0.39, 0.29) is 0 Å². The van der Waals surface area contributed by atoms with Gasteiger partial charge in [0.15, 0.2) is 0 Å². The Bertz CT molecular complexity index is 225. The Morgan fingerprint density at radius 3 is 2.53 bits per heavy atom. The van der Waals surface area contributed by atoms with E-state index in [0.29, 0.717) is 23.4 Å². The van der Waals surface area contributed by atoms with Crippen LogP contribution < -0.4 is 5.32 Å². The molecule has 102 valence electrons. The first-order valence-corrected chi connectivity index (χ1v) is 6.87. The van der Waals surface area contributed by atoms with Crippen LogP contribution in [0.2, 0.25) is 0 Å². The Labute approximate surface area is 107 Å². The Morgan fingerprint density at radius 2 is 2.00 bits per heavy atom. The number of rotatable bonds is 5. The lowest BCUT2D eigenvalue weighted by Gasteiger charge is -2.37. The molecule has 1 N–H and O–H groups in total. The smallest absolute Gasteiger partial charge is 0.0623 e. The molecule has 1 aliphatic rings. The van der Waals surface area contributed by atoms with E-state index in [0.717, 1.165) is 26.3 Å². The molecule has 0 aliphatic carbocycles. The first-order valence-electron chi connectivity index (χ1n) is 6.87. The zero-order chi connectivity index (χ0) is 13.1. The van der Waals surface area contributed by atoms with Crippen molar-refractivity contribution in [3.63, 3.8) is 0 Å². The molecule has 0 bridgehead atoms. The molecule has 1 rings (SSSR count). The number of hydrogen-bond donors (Lipinski definition) is 1. The molecule has 17 heavy (non-hydrogen) atoms. The van der Waals surface area contributed by atoms with Crippen LogP contribution in [0.25, 0.3) is 0 Å². The van der Waals surface area contributed by atoms with Crippen molar-refractivity contribution in [2.24, 2.45) is 11.3 Å². The van der Waals surface area contributed by atoms with Gasteiger partial charge in [-0.3, -0.25) is 0 Å². The second-order valence-corrected chi connectivity index (χ2v) is 6.44. The van der Waals surface area contributed by atoms with Crippen LogP contribution in [0.1, 0.15) is 34.6 Å². The molecule has 3 heteroatoms. The summed E-state index contributed by atoms with van der Waals surface area (Å²) < 4.78 is 5.60. The van der Waals surface area contributed by atoms with E-state index < -0.39 is 0 Å². The van der Waals surface area contributed by atoms with Crippen molar-refractivity contribution in [3.05, 3.63) is 0 Å². The molecule has 0 spiro atoms. The Morgan fingerprint density at radius 1 is 1.35 bits per heavy atom. The maximum Gasteiger partial charge on any atom is 0.0623 e. The first-order chi connectivity index (χ1) is 7.86. The molecule has 1 fully saturated rings. The summed E-state index contributed by atoms with van der Waals surface area (Å²) in [5.41, 5.74) is 0.335. The summed E-state index contributed by atoms with van der Waals surface area (Å²) >= 11 is 0. The highest BCUT2D eigenvalue weighted by Gasteiger charge is 2.31. The van der Waals surface area contributed by atoms with Gasteiger partial charge >= 0.3 is 0 Å². The van der Waals surface area contributed by atoms with E-state index in [2.05, 4.69) is 51.9 Å². The van der Waals surface area contributed by atoms with Gasteiger partial charge in [0.1, 0.15) is 0 Å². The Balaban J connectivity index is 2.47. The summed E-state index contributed by atoms with van der Waals surface area (Å²) in [7, 11) is 2.23. The summed E-state index contributed by atoms with van der Waals surface area (Å²) in [5.74, 6) is 0.629. The molecule has 3 atom stereocenters. The van der Waals surface area contributed by atoms with Crippen molar-refractivity contribution in [1.29, 1.82) is 0 Å². The van der Waals surface area contributed by atoms with Crippen molar-refractivity contribution in [2.45, 2.75) is 46.7 Å². The van der Waals surface area contributed by atoms with Crippen LogP contribution in [0.4, 0.5) is 0 Å². The van der Waals surface area contributed by atoms with Gasteiger partial charge in [0.25, 0.3) is 0 Å². The molecule has 1 heterocycles. The van der Waals surface area contributed by atoms with E-state index in [1.165, 1.54) is 0 Å². The maximum absolute atomic E-state index is 5.60. The average Bonchev–Trinajstić information content (AvgIpc) is 2.64. The summed E-state index contributed by atoms with van der Waals surface area (Å²) in [5, 5.41) is 3.53. The Hall–Kier alpha value is -0.120. The van der Waals surface area contributed by atoms with E-state index in [9.17, 15) is 0 Å². The zero-order valence-electron chi connectivity index (χ0n) is 12.4. The van der Waals surface area contributed by atoms with E-state index >= 15 is 0 Å². The van der Waals surface area contributed by atoms with Gasteiger partial charge in [-0.1, -0.05) is 27.7 Å². The minimum Gasteiger partial charge on any atom is -0.379 e. The summed E-state index contributed by atoms with van der Waals surface area (Å²) in [6.45, 7) is 15.3. The molecule has 0 saturated carbocycles. The van der Waals surface area contributed by atoms with Gasteiger partial charge in [0.2, 0.25) is 0 Å². The number of hydrogen-bond acceptors (Lipinski definition) is 3. The van der Waals surface area contributed by atoms with Crippen LogP contribution >= 0.6 is 0 Å². The average molecular weight is 242 g/mol. The van der Waals surface area contributed by atoms with Crippen LogP contribution in [0, 0.1) is 11.3 Å². The lowest BCUT2D eigenvalue weighted by Crippen LogP contribution is -2.46. The lowest BCUT2D eigenvalue weighted by molar-refractivity contribution is 0.112. The fourth-order valence-corrected chi connectivity index (χ4v) is 2.46. The second-order valence-electron chi connectivity index (χ2n) is 6.44. The predicted molar refractivity (Wildman–Crippen MR) is 73.3 cm³/mol. The third kappa shape index (κ3) is 4.23. The van der Waals surface area contributed by atoms with Gasteiger partial charge in [-0.05, 0) is 25.9 Å². The number of nitrogens with one attached hydrogen (secondary N) is 1. The minimum absolute atomic E-state index is 0.335. The molecule has 1 aliphatic heterocycles. The van der Waals surface area contributed by atoms with Crippen LogP contribution in [0.15, 0.2) is 0 Å². The van der Waals surface area contributed by atoms with Crippen molar-refractivity contribution in [3.8, 4) is 0 Å². The summed E-state index contributed by atoms with van der Waals surface area (Å²) in [6, 6.07) is 1.12. The predicted octanol–water partition coefficient (Wildman–Crippen LogP) is 1.98. The van der Waals surface area contributed by atoms with E-state index in [1.807, 2.05) is 0 Å². The summed E-state index contributed by atoms with van der Waals surface area (Å²) in [6.07, 6.45) is 0. The van der Waals surface area contributed by atoms with Crippen LogP contribution in [-0.2, 0) is 4.74 Å². The number of ether oxygens (including phenoxy) is 1. The Kier molecular flexibility index (Phi) is 5.42. The molecule has 1 saturated heterocycles. The highest BCUT2D eigenvalue weighted by atomic mass is 16.5. The van der Waals surface area contributed by atoms with Gasteiger partial charge in [-0.15, -0.1) is 0 Å². The zero-order valence-corrected chi connectivity index (χ0v) is 12.4. The van der Waals surface area contributed by atoms with Crippen LogP contribution in [0.3, 0.4) is 0 Å². The molecule has 0 amide bonds. The maximum atomic E-state index is 5.60. The monoisotopic (exact) mass is 242 g/mol. The molecule has 3 unspecified atom stereocenters. The second kappa shape index (κ2) is 6.17. The fourth-order valence-electron chi connectivity index (χ4n) is 2.46. The van der Waals surface area contributed by atoms with Gasteiger partial charge in [0.05, 0.1) is 13.2 Å². The standard InChI is InChI=1S/C14H30N2O/c1-7-15-13-10-17-9-12(13)8-16(6)11(2)14(3,4)5/h11-13,15H,7-10H2,1-6H3. The molecular formula is C14H30N2O. The fraction of sp³-hybridized carbons (Fsp3) is 1.00. The molecule has 0 aromatic rings. The molecule has 0 radical (unpaired) electrons. The van der Waals surface area contributed by atoms with Gasteiger partial charge in [-0.25, -0.2) is 0 Å². The van der Waals surface area contributed by atoms with Crippen LogP contribution in [-0.4, -0.2) is 50.3 Å². The number of likely N-dealkylation sites (N-methyl/N-ethyl adjacent to an activating group) is 1. The van der Waals surface area contributed by atoms with E-state index in [1.54, 1.807) is 0 Å². The van der Waals surface area contributed by atoms with Crippen molar-refractivity contribution in [2.75, 3.05) is 33.4 Å².